The molecule has 0 aromatic heterocycles. The van der Waals surface area contributed by atoms with Crippen molar-refractivity contribution in [3.63, 3.8) is 0 Å². The fourth-order valence-corrected chi connectivity index (χ4v) is 17.0. The normalized spacial score (nSPS) is 33.4. The number of benzene rings is 6. The molecular weight excluding hydrogens is 619 g/mol. The summed E-state index contributed by atoms with van der Waals surface area (Å²) in [5.74, 6) is 4.36. The molecule has 2 nitrogen and oxygen atoms in total. The Bertz CT molecular complexity index is 3380. The van der Waals surface area contributed by atoms with Gasteiger partial charge in [0.2, 0.25) is 0 Å². The Hall–Kier alpha value is -4.66. The molecule has 0 radical (unpaired) electrons. The molecule has 8 unspecified atom stereocenters. The first-order valence-corrected chi connectivity index (χ1v) is 19.8. The minimum Gasteiger partial charge on any atom is -0.497 e. The van der Waals surface area contributed by atoms with E-state index in [0.29, 0.717) is 41.5 Å². The Labute approximate surface area is 293 Å². The average molecular weight is 650 g/mol. The lowest BCUT2D eigenvalue weighted by atomic mass is 9.62. The van der Waals surface area contributed by atoms with Crippen molar-refractivity contribution in [2.45, 2.75) is 60.8 Å². The maximum atomic E-state index is 5.68. The zero-order valence-corrected chi connectivity index (χ0v) is 28.6. The highest BCUT2D eigenvalue weighted by molar-refractivity contribution is 6.51. The van der Waals surface area contributed by atoms with Gasteiger partial charge in [-0.25, -0.2) is 0 Å². The van der Waals surface area contributed by atoms with Crippen molar-refractivity contribution in [3.8, 4) is 5.75 Å². The molecule has 1 spiro atoms. The second-order valence-electron chi connectivity index (χ2n) is 19.0. The van der Waals surface area contributed by atoms with E-state index in [-0.39, 0.29) is 5.41 Å². The van der Waals surface area contributed by atoms with Crippen LogP contribution in [0.3, 0.4) is 0 Å². The van der Waals surface area contributed by atoms with Gasteiger partial charge >= 0.3 is 0 Å². The molecule has 10 aliphatic rings. The molecule has 0 amide bonds. The predicted molar refractivity (Wildman–Crippen MR) is 204 cm³/mol. The Morgan fingerprint density at radius 1 is 0.706 bits per heavy atom. The van der Waals surface area contributed by atoms with Gasteiger partial charge in [-0.1, -0.05) is 36.4 Å². The number of nitrogens with zero attached hydrogens (tertiary/aromatic N) is 1. The molecule has 51 heavy (non-hydrogen) atoms. The Balaban J connectivity index is 1.16. The van der Waals surface area contributed by atoms with Gasteiger partial charge in [-0.2, -0.15) is 0 Å². The number of likely N-dealkylation sites (N-methyl/N-ethyl adjacent to an activating group) is 1. The lowest BCUT2D eigenvalue weighted by Crippen LogP contribution is -2.34. The maximum absolute atomic E-state index is 5.68. The fourth-order valence-electron chi connectivity index (χ4n) is 17.0. The van der Waals surface area contributed by atoms with Gasteiger partial charge < -0.3 is 4.74 Å². The molecule has 1 saturated heterocycles. The topological polar surface area (TPSA) is 12.5 Å². The first-order chi connectivity index (χ1) is 25.1. The van der Waals surface area contributed by atoms with Crippen molar-refractivity contribution < 1.29 is 4.74 Å². The third-order valence-electron chi connectivity index (χ3n) is 17.7. The van der Waals surface area contributed by atoms with Crippen molar-refractivity contribution in [2.75, 3.05) is 20.7 Å². The van der Waals surface area contributed by atoms with Crippen molar-refractivity contribution in [1.29, 1.82) is 0 Å². The standard InChI is InChI=1S/C49H31NO/c1-50-15-49-14-23-12-21-10-18-7-17-8-20-9-19-11-22-13-25(46(49)48(50)16-3-5-24(51-2)6-4-16)33-38-29(22)28(19)35-30(20)34-26(17)27(18)36-31(21)37-32(23)47(49)45(33)44-42(37)40(36)39(34)41(35)43(38)44/h3-6,8,10-11,13,19,21,23,28,31,46,48H,7,9,12,14-15H2,1-2H3. The number of fused-ring (bicyclic) bond motifs is 1. The highest BCUT2D eigenvalue weighted by Gasteiger charge is 2.64. The van der Waals surface area contributed by atoms with Crippen LogP contribution >= 0.6 is 0 Å². The van der Waals surface area contributed by atoms with Crippen LogP contribution in [-0.4, -0.2) is 25.6 Å². The molecule has 0 N–H and O–H groups in total. The van der Waals surface area contributed by atoms with Gasteiger partial charge in [-0.15, -0.1) is 0 Å². The molecule has 18 rings (SSSR count). The summed E-state index contributed by atoms with van der Waals surface area (Å²) in [6, 6.07) is 15.1. The third kappa shape index (κ3) is 1.87. The van der Waals surface area contributed by atoms with Crippen LogP contribution in [0.2, 0.25) is 0 Å². The van der Waals surface area contributed by atoms with Crippen molar-refractivity contribution in [2.24, 2.45) is 11.8 Å². The number of hydrogen-bond acceptors (Lipinski definition) is 2. The lowest BCUT2D eigenvalue weighted by molar-refractivity contribution is 0.301. The Morgan fingerprint density at radius 3 is 2.37 bits per heavy atom. The largest absolute Gasteiger partial charge is 0.497 e. The first kappa shape index (κ1) is 23.7. The summed E-state index contributed by atoms with van der Waals surface area (Å²) in [6.07, 6.45) is 10.6. The maximum Gasteiger partial charge on any atom is 0.118 e. The van der Waals surface area contributed by atoms with Gasteiger partial charge in [-0.05, 0) is 199 Å². The molecule has 9 aliphatic carbocycles. The minimum atomic E-state index is 0.147. The van der Waals surface area contributed by atoms with Crippen molar-refractivity contribution >= 4 is 76.3 Å². The second kappa shape index (κ2) is 6.47. The summed E-state index contributed by atoms with van der Waals surface area (Å²) in [6.45, 7) is 1.16. The summed E-state index contributed by atoms with van der Waals surface area (Å²) >= 11 is 0. The van der Waals surface area contributed by atoms with Gasteiger partial charge in [0.15, 0.2) is 0 Å². The highest BCUT2D eigenvalue weighted by atomic mass is 16.5. The number of allylic oxidation sites excluding steroid dienone is 2. The second-order valence-corrected chi connectivity index (χ2v) is 19.0. The van der Waals surface area contributed by atoms with Crippen molar-refractivity contribution in [3.05, 3.63) is 109 Å². The molecule has 0 bridgehead atoms. The van der Waals surface area contributed by atoms with E-state index < -0.39 is 0 Å². The summed E-state index contributed by atoms with van der Waals surface area (Å²) in [5.41, 5.74) is 20.8. The van der Waals surface area contributed by atoms with E-state index in [4.69, 9.17) is 4.74 Å². The van der Waals surface area contributed by atoms with Crippen LogP contribution in [0.1, 0.15) is 104 Å². The zero-order chi connectivity index (χ0) is 32.0. The van der Waals surface area contributed by atoms with Crippen LogP contribution in [0.5, 0.6) is 5.75 Å². The number of hydrogen-bond donors (Lipinski definition) is 0. The highest BCUT2D eigenvalue weighted by Crippen LogP contribution is 2.77. The van der Waals surface area contributed by atoms with Crippen LogP contribution in [0.15, 0.2) is 42.5 Å². The number of methoxy groups -OCH3 is 1. The summed E-state index contributed by atoms with van der Waals surface area (Å²) in [4.78, 5) is 2.78. The number of ether oxygens (including phenoxy) is 1. The van der Waals surface area contributed by atoms with E-state index >= 15 is 0 Å². The van der Waals surface area contributed by atoms with E-state index in [1.54, 1.807) is 121 Å². The van der Waals surface area contributed by atoms with E-state index in [2.05, 4.69) is 60.5 Å². The molecule has 1 heterocycles. The Morgan fingerprint density at radius 2 is 1.49 bits per heavy atom. The van der Waals surface area contributed by atoms with Crippen LogP contribution in [0.4, 0.5) is 0 Å². The molecular formula is C49H31NO. The van der Waals surface area contributed by atoms with Crippen LogP contribution in [0, 0.1) is 11.8 Å². The number of likely N-dealkylation sites (tertiary alicyclic amines) is 1. The van der Waals surface area contributed by atoms with Gasteiger partial charge in [0.05, 0.1) is 7.11 Å². The molecule has 0 saturated carbocycles. The molecule has 1 aliphatic heterocycles. The smallest absolute Gasteiger partial charge is 0.118 e. The van der Waals surface area contributed by atoms with E-state index in [0.717, 1.165) is 18.7 Å². The first-order valence-electron chi connectivity index (χ1n) is 19.8. The quantitative estimate of drug-likeness (QED) is 0.173. The van der Waals surface area contributed by atoms with Crippen LogP contribution in [-0.2, 0) is 18.3 Å². The molecule has 238 valence electrons. The van der Waals surface area contributed by atoms with Gasteiger partial charge in [0.1, 0.15) is 5.75 Å². The predicted octanol–water partition coefficient (Wildman–Crippen LogP) is 9.55. The molecule has 1 fully saturated rings. The Kier molecular flexibility index (Phi) is 3.01. The summed E-state index contributed by atoms with van der Waals surface area (Å²) in [7, 11) is 4.25. The molecule has 2 heteroatoms. The zero-order valence-electron chi connectivity index (χ0n) is 28.6. The molecule has 8 aromatic rings. The summed E-state index contributed by atoms with van der Waals surface area (Å²) in [5, 5.41) is 22.2. The SMILES string of the molecule is COc1ccc(C2C3c4cc5c6c7c4c4c8c9c%10c%11c%12c%13c%14c%15c(cc%16c%17c(c(c%12c%15%17)c7c4%11)C6C(C=5)C%16)CC%14=CC(CC9CC83CN2C)C%13%10)cc1. The van der Waals surface area contributed by atoms with Crippen LogP contribution < -0.4 is 9.96 Å². The molecule has 8 aromatic carbocycles. The van der Waals surface area contributed by atoms with Gasteiger partial charge in [-0.3, -0.25) is 4.90 Å². The number of rotatable bonds is 2. The van der Waals surface area contributed by atoms with Crippen LogP contribution in [0.25, 0.3) is 76.3 Å². The molecule has 8 atom stereocenters. The van der Waals surface area contributed by atoms with Crippen molar-refractivity contribution in [1.82, 2.24) is 4.90 Å². The monoisotopic (exact) mass is 649 g/mol. The minimum absolute atomic E-state index is 0.147. The lowest BCUT2D eigenvalue weighted by Gasteiger charge is -2.39. The summed E-state index contributed by atoms with van der Waals surface area (Å²) < 4.78 is 5.68. The third-order valence-corrected chi connectivity index (χ3v) is 17.7. The van der Waals surface area contributed by atoms with Gasteiger partial charge in [0, 0.05) is 35.8 Å². The van der Waals surface area contributed by atoms with Gasteiger partial charge in [0.25, 0.3) is 0 Å². The van der Waals surface area contributed by atoms with E-state index in [9.17, 15) is 0 Å². The fraction of sp³-hybridized carbons (Fsp3) is 0.306. The van der Waals surface area contributed by atoms with E-state index in [1.165, 1.54) is 24.8 Å². The van der Waals surface area contributed by atoms with E-state index in [1.807, 2.05) is 16.7 Å². The average Bonchev–Trinajstić information content (AvgIpc) is 3.98.